The number of nitrogens with zero attached hydrogens (tertiary/aromatic N) is 1. The predicted octanol–water partition coefficient (Wildman–Crippen LogP) is 3.87. The van der Waals surface area contributed by atoms with E-state index in [-0.39, 0.29) is 11.1 Å². The molecule has 2 amide bonds. The first kappa shape index (κ1) is 17.0. The van der Waals surface area contributed by atoms with E-state index in [1.807, 2.05) is 42.5 Å². The number of rotatable bonds is 3. The molecule has 0 bridgehead atoms. The summed E-state index contributed by atoms with van der Waals surface area (Å²) in [7, 11) is 0. The largest absolute Gasteiger partial charge is 0.343 e. The van der Waals surface area contributed by atoms with Gasteiger partial charge in [-0.3, -0.25) is 9.59 Å². The Morgan fingerprint density at radius 3 is 2.00 bits per heavy atom. The molecule has 0 N–H and O–H groups in total. The Kier molecular flexibility index (Phi) is 3.81. The Hall–Kier alpha value is -3.47. The lowest BCUT2D eigenvalue weighted by molar-refractivity contribution is -0.174. The third-order valence-electron chi connectivity index (χ3n) is 4.91. The lowest BCUT2D eigenvalue weighted by Crippen LogP contribution is -2.40. The van der Waals surface area contributed by atoms with Gasteiger partial charge in [-0.05, 0) is 42.3 Å². The molecule has 0 radical (unpaired) electrons. The van der Waals surface area contributed by atoms with Crippen LogP contribution in [0.1, 0.15) is 40.1 Å². The van der Waals surface area contributed by atoms with Crippen molar-refractivity contribution in [3.63, 3.8) is 0 Å². The number of benzene rings is 3. The van der Waals surface area contributed by atoms with Crippen molar-refractivity contribution in [1.29, 1.82) is 0 Å². The molecule has 0 unspecified atom stereocenters. The third kappa shape index (κ3) is 2.68. The number of hydrogen-bond donors (Lipinski definition) is 0. The number of hydroxylamine groups is 2. The SMILES string of the molecule is CC(C)(C(=O)ON1C(=O)c2ccccc2C1=O)c1ccc2ccccc2c1. The van der Waals surface area contributed by atoms with Gasteiger partial charge in [0.05, 0.1) is 16.5 Å². The average molecular weight is 359 g/mol. The normalized spacial score (nSPS) is 13.8. The van der Waals surface area contributed by atoms with E-state index in [4.69, 9.17) is 4.84 Å². The molecule has 3 aromatic carbocycles. The van der Waals surface area contributed by atoms with Gasteiger partial charge in [-0.2, -0.15) is 0 Å². The Balaban J connectivity index is 1.62. The second-order valence-corrected chi connectivity index (χ2v) is 7.02. The number of amides is 2. The zero-order chi connectivity index (χ0) is 19.2. The van der Waals surface area contributed by atoms with E-state index in [9.17, 15) is 14.4 Å². The van der Waals surface area contributed by atoms with Gasteiger partial charge in [0.15, 0.2) is 0 Å². The quantitative estimate of drug-likeness (QED) is 0.666. The van der Waals surface area contributed by atoms with E-state index in [0.717, 1.165) is 16.3 Å². The van der Waals surface area contributed by atoms with E-state index in [1.165, 1.54) is 12.1 Å². The Labute approximate surface area is 156 Å². The van der Waals surface area contributed by atoms with Crippen LogP contribution in [0.4, 0.5) is 0 Å². The summed E-state index contributed by atoms with van der Waals surface area (Å²) in [6, 6.07) is 19.9. The summed E-state index contributed by atoms with van der Waals surface area (Å²) in [5, 5.41) is 2.61. The summed E-state index contributed by atoms with van der Waals surface area (Å²) >= 11 is 0. The van der Waals surface area contributed by atoms with Gasteiger partial charge in [0.1, 0.15) is 0 Å². The molecule has 1 aliphatic heterocycles. The lowest BCUT2D eigenvalue weighted by Gasteiger charge is -2.25. The summed E-state index contributed by atoms with van der Waals surface area (Å²) < 4.78 is 0. The smallest absolute Gasteiger partial charge is 0.329 e. The molecule has 1 aliphatic rings. The second-order valence-electron chi connectivity index (χ2n) is 7.02. The van der Waals surface area contributed by atoms with Gasteiger partial charge in [0.25, 0.3) is 11.8 Å². The Bertz CT molecular complexity index is 1070. The fourth-order valence-corrected chi connectivity index (χ4v) is 3.14. The Morgan fingerprint density at radius 1 is 0.815 bits per heavy atom. The molecule has 3 aromatic rings. The van der Waals surface area contributed by atoms with E-state index < -0.39 is 23.2 Å². The van der Waals surface area contributed by atoms with Crippen LogP contribution in [0.25, 0.3) is 10.8 Å². The molecular weight excluding hydrogens is 342 g/mol. The van der Waals surface area contributed by atoms with Crippen LogP contribution >= 0.6 is 0 Å². The number of hydrogen-bond acceptors (Lipinski definition) is 4. The number of carbonyl (C=O) groups excluding carboxylic acids is 3. The lowest BCUT2D eigenvalue weighted by atomic mass is 9.84. The molecule has 1 heterocycles. The summed E-state index contributed by atoms with van der Waals surface area (Å²) in [6.07, 6.45) is 0. The minimum Gasteiger partial charge on any atom is -0.329 e. The standard InChI is InChI=1S/C22H17NO4/c1-22(2,16-12-11-14-7-3-4-8-15(14)13-16)21(26)27-23-19(24)17-9-5-6-10-18(17)20(23)25/h3-13H,1-2H3. The van der Waals surface area contributed by atoms with Crippen LogP contribution in [0.2, 0.25) is 0 Å². The van der Waals surface area contributed by atoms with Crippen LogP contribution in [-0.2, 0) is 15.0 Å². The highest BCUT2D eigenvalue weighted by Crippen LogP contribution is 2.30. The van der Waals surface area contributed by atoms with Gasteiger partial charge < -0.3 is 4.84 Å². The van der Waals surface area contributed by atoms with Crippen molar-refractivity contribution in [1.82, 2.24) is 5.06 Å². The van der Waals surface area contributed by atoms with Gasteiger partial charge in [0, 0.05) is 0 Å². The molecule has 27 heavy (non-hydrogen) atoms. The topological polar surface area (TPSA) is 63.7 Å². The van der Waals surface area contributed by atoms with E-state index in [1.54, 1.807) is 26.0 Å². The number of imide groups is 1. The molecule has 0 aromatic heterocycles. The molecule has 134 valence electrons. The maximum Gasteiger partial charge on any atom is 0.343 e. The summed E-state index contributed by atoms with van der Waals surface area (Å²) in [5.74, 6) is -1.93. The highest BCUT2D eigenvalue weighted by atomic mass is 16.7. The molecule has 4 rings (SSSR count). The fraction of sp³-hybridized carbons (Fsp3) is 0.136. The monoisotopic (exact) mass is 359 g/mol. The third-order valence-corrected chi connectivity index (χ3v) is 4.91. The molecule has 5 heteroatoms. The number of fused-ring (bicyclic) bond motifs is 2. The first-order chi connectivity index (χ1) is 12.9. The highest BCUT2D eigenvalue weighted by Gasteiger charge is 2.42. The molecule has 5 nitrogen and oxygen atoms in total. The zero-order valence-corrected chi connectivity index (χ0v) is 14.9. The van der Waals surface area contributed by atoms with Crippen molar-refractivity contribution in [2.24, 2.45) is 0 Å². The average Bonchev–Trinajstić information content (AvgIpc) is 2.92. The van der Waals surface area contributed by atoms with Crippen LogP contribution < -0.4 is 0 Å². The summed E-state index contributed by atoms with van der Waals surface area (Å²) in [4.78, 5) is 42.9. The zero-order valence-electron chi connectivity index (χ0n) is 14.9. The van der Waals surface area contributed by atoms with E-state index in [2.05, 4.69) is 0 Å². The van der Waals surface area contributed by atoms with Gasteiger partial charge in [-0.1, -0.05) is 59.7 Å². The van der Waals surface area contributed by atoms with Gasteiger partial charge >= 0.3 is 5.97 Å². The van der Waals surface area contributed by atoms with Crippen molar-refractivity contribution >= 4 is 28.6 Å². The van der Waals surface area contributed by atoms with Crippen LogP contribution in [-0.4, -0.2) is 22.8 Å². The predicted molar refractivity (Wildman–Crippen MR) is 100 cm³/mol. The molecular formula is C22H17NO4. The molecule has 0 saturated carbocycles. The van der Waals surface area contributed by atoms with Gasteiger partial charge in [-0.15, -0.1) is 0 Å². The Morgan fingerprint density at radius 2 is 1.37 bits per heavy atom. The highest BCUT2D eigenvalue weighted by molar-refractivity contribution is 6.21. The first-order valence-electron chi connectivity index (χ1n) is 8.59. The second kappa shape index (κ2) is 6.06. The van der Waals surface area contributed by atoms with Crippen molar-refractivity contribution in [2.75, 3.05) is 0 Å². The maximum absolute atomic E-state index is 12.8. The van der Waals surface area contributed by atoms with Crippen molar-refractivity contribution in [3.8, 4) is 0 Å². The van der Waals surface area contributed by atoms with Crippen LogP contribution in [0.5, 0.6) is 0 Å². The minimum atomic E-state index is -1.04. The maximum atomic E-state index is 12.8. The fourth-order valence-electron chi connectivity index (χ4n) is 3.14. The van der Waals surface area contributed by atoms with Crippen molar-refractivity contribution < 1.29 is 19.2 Å². The van der Waals surface area contributed by atoms with E-state index >= 15 is 0 Å². The molecule has 0 atom stereocenters. The minimum absolute atomic E-state index is 0.235. The molecule has 0 aliphatic carbocycles. The van der Waals surface area contributed by atoms with Crippen molar-refractivity contribution in [2.45, 2.75) is 19.3 Å². The first-order valence-corrected chi connectivity index (χ1v) is 8.59. The molecule has 0 spiro atoms. The summed E-state index contributed by atoms with van der Waals surface area (Å²) in [6.45, 7) is 3.41. The van der Waals surface area contributed by atoms with Gasteiger partial charge in [0.2, 0.25) is 0 Å². The van der Waals surface area contributed by atoms with Gasteiger partial charge in [-0.25, -0.2) is 4.79 Å². The van der Waals surface area contributed by atoms with Crippen LogP contribution in [0.3, 0.4) is 0 Å². The van der Waals surface area contributed by atoms with Crippen LogP contribution in [0, 0.1) is 0 Å². The summed E-state index contributed by atoms with van der Waals surface area (Å²) in [5.41, 5.74) is 0.166. The van der Waals surface area contributed by atoms with Crippen LogP contribution in [0.15, 0.2) is 66.7 Å². The van der Waals surface area contributed by atoms with E-state index in [0.29, 0.717) is 5.06 Å². The molecule has 0 saturated heterocycles. The number of carbonyl (C=O) groups is 3. The van der Waals surface area contributed by atoms with Crippen molar-refractivity contribution in [3.05, 3.63) is 83.4 Å². The molecule has 0 fully saturated rings.